The fourth-order valence-electron chi connectivity index (χ4n) is 6.87. The lowest BCUT2D eigenvalue weighted by Gasteiger charge is -2.36. The summed E-state index contributed by atoms with van der Waals surface area (Å²) in [6.45, 7) is 4.36. The maximum atomic E-state index is 13.2. The van der Waals surface area contributed by atoms with Gasteiger partial charge >= 0.3 is 0 Å². The Hall–Kier alpha value is -6.37. The van der Waals surface area contributed by atoms with Crippen LogP contribution >= 0.6 is 0 Å². The third-order valence-corrected chi connectivity index (χ3v) is 9.95. The van der Waals surface area contributed by atoms with Crippen molar-refractivity contribution in [3.8, 4) is 23.1 Å². The molecule has 0 bridgehead atoms. The number of ether oxygens (including phenoxy) is 2. The van der Waals surface area contributed by atoms with E-state index in [1.165, 1.54) is 4.80 Å². The summed E-state index contributed by atoms with van der Waals surface area (Å²) >= 11 is 0. The van der Waals surface area contributed by atoms with Crippen LogP contribution in [0.1, 0.15) is 71.4 Å². The minimum absolute atomic E-state index is 0.0375. The predicted octanol–water partition coefficient (Wildman–Crippen LogP) is 5.20. The molecule has 4 heterocycles. The molecule has 3 aromatic carbocycles. The van der Waals surface area contributed by atoms with Crippen molar-refractivity contribution >= 4 is 29.3 Å². The number of aromatic nitrogens is 4. The molecule has 5 aromatic rings. The Morgan fingerprint density at radius 2 is 1.46 bits per heavy atom. The average Bonchev–Trinajstić information content (AvgIpc) is 3.75. The van der Waals surface area contributed by atoms with Crippen LogP contribution in [0, 0.1) is 0 Å². The predicted molar refractivity (Wildman–Crippen MR) is 188 cm³/mol. The molecule has 13 heteroatoms. The van der Waals surface area contributed by atoms with Gasteiger partial charge in [0.25, 0.3) is 11.8 Å². The highest BCUT2D eigenvalue weighted by Gasteiger charge is 2.45. The summed E-state index contributed by atoms with van der Waals surface area (Å²) in [6.07, 6.45) is 6.67. The molecule has 1 saturated heterocycles. The SMILES string of the molecule is CC(C)(c1ccc(Oc2cc(-n3nccn3)ccn2)cc1)c1ccc(OC2CC(Nc3ccc4c(c3)C(=O)N(C3CCC(=O)NC3=O)C4=O)C2)cc1. The molecule has 0 spiro atoms. The van der Waals surface area contributed by atoms with E-state index in [2.05, 4.69) is 63.9 Å². The lowest BCUT2D eigenvalue weighted by atomic mass is 9.78. The van der Waals surface area contributed by atoms with E-state index in [0.717, 1.165) is 40.3 Å². The number of imide groups is 2. The van der Waals surface area contributed by atoms with Gasteiger partial charge in [0.15, 0.2) is 0 Å². The highest BCUT2D eigenvalue weighted by Crippen LogP contribution is 2.36. The van der Waals surface area contributed by atoms with Crippen LogP contribution in [0.15, 0.2) is 97.5 Å². The fourth-order valence-corrected chi connectivity index (χ4v) is 6.87. The second-order valence-electron chi connectivity index (χ2n) is 13.7. The number of carbonyl (C=O) groups is 4. The third kappa shape index (κ3) is 6.25. The number of carbonyl (C=O) groups excluding carboxylic acids is 4. The lowest BCUT2D eigenvalue weighted by molar-refractivity contribution is -0.136. The van der Waals surface area contributed by atoms with Crippen molar-refractivity contribution in [1.29, 1.82) is 0 Å². The standard InChI is InChI=1S/C39H35N7O6/c1-39(2,24-5-10-29(11-6-24)52-35-22-27(15-16-40-35)46-41-17-18-42-46)23-3-8-28(9-4-23)51-30-19-26(20-30)43-25-7-12-31-32(21-25)38(50)45(37(31)49)33-13-14-34(47)44-36(33)48/h3-12,15-18,21-22,26,30,33,43H,13-14,19-20H2,1-2H3,(H,44,47,48). The van der Waals surface area contributed by atoms with Crippen molar-refractivity contribution in [2.45, 2.75) is 63.1 Å². The molecule has 1 aliphatic carbocycles. The molecule has 52 heavy (non-hydrogen) atoms. The summed E-state index contributed by atoms with van der Waals surface area (Å²) < 4.78 is 12.3. The van der Waals surface area contributed by atoms with Crippen molar-refractivity contribution < 1.29 is 28.7 Å². The Morgan fingerprint density at radius 1 is 0.788 bits per heavy atom. The first kappa shape index (κ1) is 32.8. The molecule has 2 N–H and O–H groups in total. The number of nitrogens with zero attached hydrogens (tertiary/aromatic N) is 5. The van der Waals surface area contributed by atoms with Gasteiger partial charge in [-0.1, -0.05) is 38.1 Å². The highest BCUT2D eigenvalue weighted by atomic mass is 16.5. The van der Waals surface area contributed by atoms with Crippen LogP contribution in [-0.2, 0) is 15.0 Å². The van der Waals surface area contributed by atoms with Gasteiger partial charge in [-0.05, 0) is 66.1 Å². The van der Waals surface area contributed by atoms with Crippen LogP contribution in [0.2, 0.25) is 0 Å². The molecule has 2 fully saturated rings. The van der Waals surface area contributed by atoms with E-state index < -0.39 is 29.7 Å². The summed E-state index contributed by atoms with van der Waals surface area (Å²) in [5.74, 6) is -0.154. The van der Waals surface area contributed by atoms with Crippen LogP contribution in [0.4, 0.5) is 5.69 Å². The van der Waals surface area contributed by atoms with Gasteiger partial charge in [0.2, 0.25) is 17.7 Å². The number of nitrogens with one attached hydrogen (secondary N) is 2. The molecule has 8 rings (SSSR count). The van der Waals surface area contributed by atoms with E-state index in [9.17, 15) is 19.2 Å². The fraction of sp³-hybridized carbons (Fsp3) is 0.256. The molecular formula is C39H35N7O6. The zero-order chi connectivity index (χ0) is 36.0. The molecule has 0 radical (unpaired) electrons. The first-order chi connectivity index (χ1) is 25.1. The van der Waals surface area contributed by atoms with Gasteiger partial charge in [-0.15, -0.1) is 0 Å². The number of amides is 4. The summed E-state index contributed by atoms with van der Waals surface area (Å²) in [5.41, 5.74) is 3.98. The van der Waals surface area contributed by atoms with E-state index in [1.54, 1.807) is 42.9 Å². The first-order valence-electron chi connectivity index (χ1n) is 17.1. The molecule has 1 saturated carbocycles. The van der Waals surface area contributed by atoms with Crippen LogP contribution in [0.3, 0.4) is 0 Å². The molecule has 1 atom stereocenters. The Bertz CT molecular complexity index is 2180. The average molecular weight is 698 g/mol. The Morgan fingerprint density at radius 3 is 2.15 bits per heavy atom. The van der Waals surface area contributed by atoms with Crippen molar-refractivity contribution in [2.75, 3.05) is 5.32 Å². The van der Waals surface area contributed by atoms with Crippen molar-refractivity contribution in [1.82, 2.24) is 30.2 Å². The number of benzene rings is 3. The second kappa shape index (κ2) is 13.1. The Kier molecular flexibility index (Phi) is 8.25. The number of rotatable bonds is 10. The summed E-state index contributed by atoms with van der Waals surface area (Å²) in [4.78, 5) is 56.9. The second-order valence-corrected chi connectivity index (χ2v) is 13.7. The summed E-state index contributed by atoms with van der Waals surface area (Å²) in [6, 6.07) is 24.0. The molecular weight excluding hydrogens is 662 g/mol. The normalized spacial score (nSPS) is 19.9. The van der Waals surface area contributed by atoms with E-state index >= 15 is 0 Å². The topological polar surface area (TPSA) is 158 Å². The monoisotopic (exact) mass is 697 g/mol. The number of anilines is 1. The Labute approximate surface area is 298 Å². The van der Waals surface area contributed by atoms with Gasteiger partial charge in [-0.2, -0.15) is 15.0 Å². The molecule has 2 aromatic heterocycles. The van der Waals surface area contributed by atoms with Gasteiger partial charge in [-0.25, -0.2) is 4.98 Å². The molecule has 2 aliphatic heterocycles. The highest BCUT2D eigenvalue weighted by molar-refractivity contribution is 6.23. The van der Waals surface area contributed by atoms with Gasteiger partial charge in [0.05, 0.1) is 29.2 Å². The van der Waals surface area contributed by atoms with Gasteiger partial charge in [-0.3, -0.25) is 29.4 Å². The van der Waals surface area contributed by atoms with Gasteiger partial charge in [0.1, 0.15) is 23.6 Å². The largest absolute Gasteiger partial charge is 0.490 e. The molecule has 3 aliphatic rings. The summed E-state index contributed by atoms with van der Waals surface area (Å²) in [7, 11) is 0. The van der Waals surface area contributed by atoms with Crippen molar-refractivity contribution in [2.24, 2.45) is 0 Å². The number of piperidine rings is 1. The van der Waals surface area contributed by atoms with Gasteiger partial charge < -0.3 is 14.8 Å². The molecule has 13 nitrogen and oxygen atoms in total. The van der Waals surface area contributed by atoms with E-state index in [-0.39, 0.29) is 41.5 Å². The molecule has 262 valence electrons. The maximum Gasteiger partial charge on any atom is 0.262 e. The van der Waals surface area contributed by atoms with Gasteiger partial charge in [0, 0.05) is 48.7 Å². The lowest BCUT2D eigenvalue weighted by Crippen LogP contribution is -2.54. The zero-order valence-electron chi connectivity index (χ0n) is 28.5. The number of pyridine rings is 1. The number of hydrogen-bond donors (Lipinski definition) is 2. The number of hydrogen-bond acceptors (Lipinski definition) is 10. The van der Waals surface area contributed by atoms with Crippen molar-refractivity contribution in [3.05, 3.63) is 120 Å². The minimum Gasteiger partial charge on any atom is -0.490 e. The zero-order valence-corrected chi connectivity index (χ0v) is 28.5. The van der Waals surface area contributed by atoms with E-state index in [4.69, 9.17) is 9.47 Å². The van der Waals surface area contributed by atoms with Crippen LogP contribution in [-0.4, -0.2) is 66.7 Å². The maximum absolute atomic E-state index is 13.2. The van der Waals surface area contributed by atoms with Crippen LogP contribution in [0.5, 0.6) is 17.4 Å². The van der Waals surface area contributed by atoms with E-state index in [0.29, 0.717) is 17.3 Å². The number of fused-ring (bicyclic) bond motifs is 1. The first-order valence-corrected chi connectivity index (χ1v) is 17.1. The molecule has 4 amide bonds. The quantitative estimate of drug-likeness (QED) is 0.186. The molecule has 1 unspecified atom stereocenters. The van der Waals surface area contributed by atoms with E-state index in [1.807, 2.05) is 30.3 Å². The van der Waals surface area contributed by atoms with Crippen LogP contribution < -0.4 is 20.1 Å². The minimum atomic E-state index is -0.988. The summed E-state index contributed by atoms with van der Waals surface area (Å²) in [5, 5.41) is 14.0. The smallest absolute Gasteiger partial charge is 0.262 e. The van der Waals surface area contributed by atoms with Crippen molar-refractivity contribution in [3.63, 3.8) is 0 Å². The van der Waals surface area contributed by atoms with Crippen LogP contribution in [0.25, 0.3) is 5.69 Å². The third-order valence-electron chi connectivity index (χ3n) is 9.95. The Balaban J connectivity index is 0.840.